The van der Waals surface area contributed by atoms with Crippen molar-refractivity contribution in [3.8, 4) is 17.6 Å². The average Bonchev–Trinajstić information content (AvgIpc) is 2.93. The molecule has 0 aliphatic heterocycles. The summed E-state index contributed by atoms with van der Waals surface area (Å²) in [5.41, 5.74) is 1.31. The molecule has 108 valence electrons. The number of carbonyl (C=O) groups is 1. The minimum atomic E-state index is -0.229. The predicted octanol–water partition coefficient (Wildman–Crippen LogP) is 2.12. The molecule has 2 rings (SSSR count). The molecule has 0 saturated heterocycles. The van der Waals surface area contributed by atoms with Crippen molar-refractivity contribution >= 4 is 17.2 Å². The molecule has 1 amide bonds. The summed E-state index contributed by atoms with van der Waals surface area (Å²) >= 11 is 1.52. The molecule has 0 unspecified atom stereocenters. The van der Waals surface area contributed by atoms with E-state index in [4.69, 9.17) is 5.11 Å². The second-order valence-electron chi connectivity index (χ2n) is 4.31. The lowest BCUT2D eigenvalue weighted by Crippen LogP contribution is -2.22. The molecule has 0 aliphatic rings. The predicted molar refractivity (Wildman–Crippen MR) is 82.2 cm³/mol. The number of aromatic hydroxyl groups is 1. The zero-order valence-corrected chi connectivity index (χ0v) is 12.1. The topological polar surface area (TPSA) is 69.6 Å². The number of nitrogens with one attached hydrogen (secondary N) is 1. The van der Waals surface area contributed by atoms with Gasteiger partial charge in [0.15, 0.2) is 0 Å². The highest BCUT2D eigenvalue weighted by Crippen LogP contribution is 2.14. The molecule has 4 nitrogen and oxygen atoms in total. The Labute approximate surface area is 127 Å². The van der Waals surface area contributed by atoms with E-state index in [9.17, 15) is 9.90 Å². The fraction of sp³-hybridized carbons (Fsp3) is 0.188. The van der Waals surface area contributed by atoms with Gasteiger partial charge in [0, 0.05) is 27.8 Å². The number of carbonyl (C=O) groups excluding carboxylic acids is 1. The molecule has 0 aliphatic carbocycles. The normalized spacial score (nSPS) is 9.76. The number of aliphatic hydroxyl groups is 1. The molecular weight excluding hydrogens is 286 g/mol. The van der Waals surface area contributed by atoms with E-state index < -0.39 is 0 Å². The van der Waals surface area contributed by atoms with Crippen LogP contribution in [-0.4, -0.2) is 22.7 Å². The number of aliphatic hydroxyl groups excluding tert-OH is 1. The van der Waals surface area contributed by atoms with Crippen molar-refractivity contribution in [3.63, 3.8) is 0 Å². The highest BCUT2D eigenvalue weighted by molar-refractivity contribution is 7.10. The number of hydrogen-bond donors (Lipinski definition) is 3. The van der Waals surface area contributed by atoms with Crippen LogP contribution in [0.25, 0.3) is 0 Å². The van der Waals surface area contributed by atoms with Crippen LogP contribution in [0.1, 0.15) is 27.2 Å². The summed E-state index contributed by atoms with van der Waals surface area (Å²) in [6.45, 7) is 0.477. The van der Waals surface area contributed by atoms with Crippen molar-refractivity contribution in [3.05, 3.63) is 51.7 Å². The molecule has 1 aromatic carbocycles. The maximum atomic E-state index is 11.9. The molecule has 3 N–H and O–H groups in total. The van der Waals surface area contributed by atoms with Gasteiger partial charge in [-0.2, -0.15) is 0 Å². The molecular formula is C16H15NO3S. The van der Waals surface area contributed by atoms with Gasteiger partial charge in [-0.25, -0.2) is 0 Å². The third-order valence-electron chi connectivity index (χ3n) is 2.65. The van der Waals surface area contributed by atoms with Crippen LogP contribution in [0.3, 0.4) is 0 Å². The van der Waals surface area contributed by atoms with Gasteiger partial charge in [-0.05, 0) is 24.3 Å². The minimum absolute atomic E-state index is 0.0595. The van der Waals surface area contributed by atoms with Gasteiger partial charge in [0.2, 0.25) is 0 Å². The molecule has 0 atom stereocenters. The Bertz CT molecular complexity index is 682. The van der Waals surface area contributed by atoms with E-state index in [1.807, 2.05) is 11.4 Å². The first-order valence-corrected chi connectivity index (χ1v) is 7.31. The van der Waals surface area contributed by atoms with E-state index in [2.05, 4.69) is 17.2 Å². The third kappa shape index (κ3) is 4.63. The number of rotatable bonds is 4. The Morgan fingerprint density at radius 3 is 2.95 bits per heavy atom. The number of phenolic OH excluding ortho intramolecular Hbond substituents is 1. The molecule has 5 heteroatoms. The van der Waals surface area contributed by atoms with Crippen LogP contribution in [0.5, 0.6) is 5.75 Å². The van der Waals surface area contributed by atoms with E-state index in [-0.39, 0.29) is 18.3 Å². The van der Waals surface area contributed by atoms with E-state index in [0.29, 0.717) is 18.5 Å². The largest absolute Gasteiger partial charge is 0.508 e. The SMILES string of the molecule is O=C(NCc1cc(C#CCCO)cs1)c1cccc(O)c1. The monoisotopic (exact) mass is 301 g/mol. The zero-order valence-electron chi connectivity index (χ0n) is 11.3. The second kappa shape index (κ2) is 7.48. The number of amides is 1. The number of phenols is 1. The first-order valence-electron chi connectivity index (χ1n) is 6.43. The van der Waals surface area contributed by atoms with Crippen molar-refractivity contribution in [1.29, 1.82) is 0 Å². The summed E-state index contributed by atoms with van der Waals surface area (Å²) in [6, 6.07) is 8.14. The summed E-state index contributed by atoms with van der Waals surface area (Å²) in [7, 11) is 0. The second-order valence-corrected chi connectivity index (χ2v) is 5.31. The van der Waals surface area contributed by atoms with Crippen LogP contribution in [0, 0.1) is 11.8 Å². The zero-order chi connectivity index (χ0) is 15.1. The van der Waals surface area contributed by atoms with Crippen LogP contribution in [0.2, 0.25) is 0 Å². The van der Waals surface area contributed by atoms with Gasteiger partial charge < -0.3 is 15.5 Å². The van der Waals surface area contributed by atoms with Crippen LogP contribution in [-0.2, 0) is 6.54 Å². The first-order chi connectivity index (χ1) is 10.2. The van der Waals surface area contributed by atoms with Crippen LogP contribution in [0.15, 0.2) is 35.7 Å². The fourth-order valence-corrected chi connectivity index (χ4v) is 2.43. The molecule has 0 fully saturated rings. The number of hydrogen-bond acceptors (Lipinski definition) is 4. The summed E-state index contributed by atoms with van der Waals surface area (Å²) in [5.74, 6) is 5.64. The standard InChI is InChI=1S/C16H15NO3S/c18-7-2-1-4-12-8-15(21-11-12)10-17-16(20)13-5-3-6-14(19)9-13/h3,5-6,8-9,11,18-19H,2,7,10H2,(H,17,20). The van der Waals surface area contributed by atoms with Gasteiger partial charge in [0.25, 0.3) is 5.91 Å². The van der Waals surface area contributed by atoms with Crippen LogP contribution >= 0.6 is 11.3 Å². The third-order valence-corrected chi connectivity index (χ3v) is 3.59. The van der Waals surface area contributed by atoms with Crippen LogP contribution in [0.4, 0.5) is 0 Å². The van der Waals surface area contributed by atoms with Gasteiger partial charge in [0.05, 0.1) is 13.2 Å². The molecule has 0 spiro atoms. The van der Waals surface area contributed by atoms with Gasteiger partial charge in [-0.3, -0.25) is 4.79 Å². The Morgan fingerprint density at radius 1 is 1.33 bits per heavy atom. The van der Waals surface area contributed by atoms with Crippen molar-refractivity contribution < 1.29 is 15.0 Å². The minimum Gasteiger partial charge on any atom is -0.508 e. The molecule has 0 bridgehead atoms. The molecule has 0 saturated carbocycles. The lowest BCUT2D eigenvalue weighted by molar-refractivity contribution is 0.0951. The lowest BCUT2D eigenvalue weighted by Gasteiger charge is -2.03. The summed E-state index contributed by atoms with van der Waals surface area (Å²) < 4.78 is 0. The highest BCUT2D eigenvalue weighted by Gasteiger charge is 2.06. The quantitative estimate of drug-likeness (QED) is 0.758. The van der Waals surface area contributed by atoms with Gasteiger partial charge >= 0.3 is 0 Å². The number of thiophene rings is 1. The lowest BCUT2D eigenvalue weighted by atomic mass is 10.2. The average molecular weight is 301 g/mol. The Hall–Kier alpha value is -2.29. The molecule has 2 aromatic rings. The van der Waals surface area contributed by atoms with E-state index >= 15 is 0 Å². The van der Waals surface area contributed by atoms with Gasteiger partial charge in [-0.1, -0.05) is 17.9 Å². The van der Waals surface area contributed by atoms with E-state index in [1.165, 1.54) is 23.5 Å². The summed E-state index contributed by atoms with van der Waals surface area (Å²) in [4.78, 5) is 12.9. The Balaban J connectivity index is 1.91. The Kier molecular flexibility index (Phi) is 5.38. The smallest absolute Gasteiger partial charge is 0.251 e. The Morgan fingerprint density at radius 2 is 2.19 bits per heavy atom. The van der Waals surface area contributed by atoms with E-state index in [0.717, 1.165) is 10.4 Å². The van der Waals surface area contributed by atoms with E-state index in [1.54, 1.807) is 12.1 Å². The highest BCUT2D eigenvalue weighted by atomic mass is 32.1. The van der Waals surface area contributed by atoms with Gasteiger partial charge in [-0.15, -0.1) is 11.3 Å². The van der Waals surface area contributed by atoms with Crippen molar-refractivity contribution in [1.82, 2.24) is 5.32 Å². The summed E-state index contributed by atoms with van der Waals surface area (Å²) in [5, 5.41) is 22.7. The summed E-state index contributed by atoms with van der Waals surface area (Å²) in [6.07, 6.45) is 0.458. The maximum Gasteiger partial charge on any atom is 0.251 e. The molecule has 21 heavy (non-hydrogen) atoms. The molecule has 0 radical (unpaired) electrons. The van der Waals surface area contributed by atoms with Crippen molar-refractivity contribution in [2.24, 2.45) is 0 Å². The van der Waals surface area contributed by atoms with Crippen LogP contribution < -0.4 is 5.32 Å². The molecule has 1 aromatic heterocycles. The first kappa shape index (κ1) is 15.1. The van der Waals surface area contributed by atoms with Crippen molar-refractivity contribution in [2.45, 2.75) is 13.0 Å². The number of benzene rings is 1. The van der Waals surface area contributed by atoms with Crippen molar-refractivity contribution in [2.75, 3.05) is 6.61 Å². The van der Waals surface area contributed by atoms with Gasteiger partial charge in [0.1, 0.15) is 5.75 Å². The fourth-order valence-electron chi connectivity index (χ4n) is 1.68. The maximum absolute atomic E-state index is 11.9. The molecule has 1 heterocycles.